The molecule has 0 saturated heterocycles. The summed E-state index contributed by atoms with van der Waals surface area (Å²) in [5, 5.41) is 10.6. The fraction of sp³-hybridized carbons (Fsp3) is 0.647. The number of nitro groups is 1. The highest BCUT2D eigenvalue weighted by atomic mass is 32.2. The van der Waals surface area contributed by atoms with Crippen molar-refractivity contribution < 1.29 is 41.2 Å². The lowest BCUT2D eigenvalue weighted by Crippen LogP contribution is -2.15. The summed E-state index contributed by atoms with van der Waals surface area (Å²) < 4.78 is 54.6. The number of ether oxygens (including phenoxy) is 5. The Labute approximate surface area is 170 Å². The first-order valence-electron chi connectivity index (χ1n) is 8.91. The summed E-state index contributed by atoms with van der Waals surface area (Å²) in [5.41, 5.74) is -0.201. The molecule has 11 nitrogen and oxygen atoms in total. The molecule has 0 fully saturated rings. The van der Waals surface area contributed by atoms with E-state index in [1.807, 2.05) is 0 Å². The number of hydrogen-bond donors (Lipinski definition) is 0. The Balaban J connectivity index is 1.99. The predicted octanol–water partition coefficient (Wildman–Crippen LogP) is 1.01. The Morgan fingerprint density at radius 1 is 0.759 bits per heavy atom. The third kappa shape index (κ3) is 11.8. The third-order valence-electron chi connectivity index (χ3n) is 3.35. The first kappa shape index (κ1) is 25.4. The van der Waals surface area contributed by atoms with Crippen molar-refractivity contribution in [3.05, 3.63) is 34.4 Å². The van der Waals surface area contributed by atoms with Crippen LogP contribution in [0.5, 0.6) is 0 Å². The summed E-state index contributed by atoms with van der Waals surface area (Å²) >= 11 is 0. The van der Waals surface area contributed by atoms with Gasteiger partial charge in [-0.25, -0.2) is 0 Å². The number of rotatable bonds is 18. The van der Waals surface area contributed by atoms with Gasteiger partial charge in [0.2, 0.25) is 0 Å². The van der Waals surface area contributed by atoms with Gasteiger partial charge in [0.05, 0.1) is 75.9 Å². The quantitative estimate of drug-likeness (QED) is 0.142. The van der Waals surface area contributed by atoms with E-state index < -0.39 is 15.0 Å². The fourth-order valence-electron chi connectivity index (χ4n) is 1.91. The average Bonchev–Trinajstić information content (AvgIpc) is 2.71. The van der Waals surface area contributed by atoms with Crippen LogP contribution < -0.4 is 0 Å². The zero-order chi connectivity index (χ0) is 21.4. The van der Waals surface area contributed by atoms with E-state index in [1.54, 1.807) is 7.11 Å². The smallest absolute Gasteiger partial charge is 0.297 e. The normalized spacial score (nSPS) is 11.6. The van der Waals surface area contributed by atoms with Crippen LogP contribution in [0.15, 0.2) is 29.2 Å². The number of nitro benzene ring substituents is 1. The molecule has 0 aromatic heterocycles. The van der Waals surface area contributed by atoms with Crippen LogP contribution in [0.2, 0.25) is 0 Å². The van der Waals surface area contributed by atoms with Gasteiger partial charge in [0, 0.05) is 19.2 Å². The summed E-state index contributed by atoms with van der Waals surface area (Å²) in [4.78, 5) is 9.80. The second-order valence-electron chi connectivity index (χ2n) is 5.47. The van der Waals surface area contributed by atoms with Crippen LogP contribution in [0.4, 0.5) is 5.69 Å². The largest absolute Gasteiger partial charge is 0.382 e. The number of hydrogen-bond acceptors (Lipinski definition) is 10. The monoisotopic (exact) mass is 437 g/mol. The second-order valence-corrected chi connectivity index (χ2v) is 7.08. The molecule has 0 bridgehead atoms. The van der Waals surface area contributed by atoms with Gasteiger partial charge in [0.1, 0.15) is 0 Å². The van der Waals surface area contributed by atoms with Gasteiger partial charge < -0.3 is 23.7 Å². The molecule has 0 unspecified atom stereocenters. The molecule has 12 heteroatoms. The van der Waals surface area contributed by atoms with Crippen molar-refractivity contribution in [1.29, 1.82) is 0 Å². The molecule has 0 aliphatic heterocycles. The van der Waals surface area contributed by atoms with Crippen LogP contribution in [0.25, 0.3) is 0 Å². The topological polar surface area (TPSA) is 133 Å². The molecule has 0 amide bonds. The highest BCUT2D eigenvalue weighted by Crippen LogP contribution is 2.17. The van der Waals surface area contributed by atoms with E-state index in [0.717, 1.165) is 24.3 Å². The molecule has 0 atom stereocenters. The SMILES string of the molecule is COCCOCCOCCOCCOCCOS(=O)(=O)c1ccc([N+](=O)[O-])cc1. The van der Waals surface area contributed by atoms with Crippen molar-refractivity contribution in [3.8, 4) is 0 Å². The van der Waals surface area contributed by atoms with Crippen LogP contribution in [-0.2, 0) is 38.0 Å². The lowest BCUT2D eigenvalue weighted by molar-refractivity contribution is -0.384. The van der Waals surface area contributed by atoms with E-state index >= 15 is 0 Å². The zero-order valence-electron chi connectivity index (χ0n) is 16.3. The molecule has 29 heavy (non-hydrogen) atoms. The Morgan fingerprint density at radius 2 is 1.17 bits per heavy atom. The van der Waals surface area contributed by atoms with E-state index in [2.05, 4.69) is 0 Å². The zero-order valence-corrected chi connectivity index (χ0v) is 17.1. The summed E-state index contributed by atoms with van der Waals surface area (Å²) in [6, 6.07) is 4.44. The summed E-state index contributed by atoms with van der Waals surface area (Å²) in [6.07, 6.45) is 0. The molecule has 1 aromatic rings. The van der Waals surface area contributed by atoms with Gasteiger partial charge in [0.25, 0.3) is 15.8 Å². The van der Waals surface area contributed by atoms with E-state index in [1.165, 1.54) is 0 Å². The van der Waals surface area contributed by atoms with Crippen molar-refractivity contribution >= 4 is 15.8 Å². The Bertz CT molecular complexity index is 665. The van der Waals surface area contributed by atoms with Gasteiger partial charge in [-0.1, -0.05) is 0 Å². The van der Waals surface area contributed by atoms with Gasteiger partial charge in [-0.15, -0.1) is 0 Å². The highest BCUT2D eigenvalue weighted by Gasteiger charge is 2.16. The fourth-order valence-corrected chi connectivity index (χ4v) is 2.80. The van der Waals surface area contributed by atoms with Crippen LogP contribution in [0.3, 0.4) is 0 Å². The molecular formula is C17H27NO10S. The van der Waals surface area contributed by atoms with Crippen LogP contribution in [0.1, 0.15) is 0 Å². The standard InChI is InChI=1S/C17H27NO10S/c1-23-6-7-24-8-9-25-10-11-26-12-13-27-14-15-28-29(21,22)17-4-2-16(3-5-17)18(19)20/h2-5H,6-15H2,1H3. The number of benzene rings is 1. The number of non-ortho nitro benzene ring substituents is 1. The molecular weight excluding hydrogens is 410 g/mol. The van der Waals surface area contributed by atoms with Crippen molar-refractivity contribution in [3.63, 3.8) is 0 Å². The van der Waals surface area contributed by atoms with Crippen molar-refractivity contribution in [2.45, 2.75) is 4.90 Å². The van der Waals surface area contributed by atoms with Crippen molar-refractivity contribution in [1.82, 2.24) is 0 Å². The Hall–Kier alpha value is -1.67. The molecule has 1 aromatic carbocycles. The highest BCUT2D eigenvalue weighted by molar-refractivity contribution is 7.86. The second kappa shape index (κ2) is 15.2. The van der Waals surface area contributed by atoms with Crippen molar-refractivity contribution in [2.75, 3.05) is 73.2 Å². The lowest BCUT2D eigenvalue weighted by Gasteiger charge is -2.08. The Morgan fingerprint density at radius 3 is 1.59 bits per heavy atom. The van der Waals surface area contributed by atoms with Crippen LogP contribution in [-0.4, -0.2) is 86.5 Å². The van der Waals surface area contributed by atoms with Gasteiger partial charge in [-0.3, -0.25) is 14.3 Å². The predicted molar refractivity (Wildman–Crippen MR) is 101 cm³/mol. The minimum absolute atomic E-state index is 0.0604. The minimum Gasteiger partial charge on any atom is -0.382 e. The molecule has 0 spiro atoms. The molecule has 0 aliphatic carbocycles. The van der Waals surface area contributed by atoms with Crippen molar-refractivity contribution in [2.24, 2.45) is 0 Å². The third-order valence-corrected chi connectivity index (χ3v) is 4.68. The van der Waals surface area contributed by atoms with Gasteiger partial charge >= 0.3 is 0 Å². The first-order valence-corrected chi connectivity index (χ1v) is 10.3. The minimum atomic E-state index is -3.99. The van der Waals surface area contributed by atoms with E-state index in [4.69, 9.17) is 27.9 Å². The van der Waals surface area contributed by atoms with Gasteiger partial charge in [-0.05, 0) is 12.1 Å². The number of nitrogens with zero attached hydrogens (tertiary/aromatic N) is 1. The van der Waals surface area contributed by atoms with Gasteiger partial charge in [0.15, 0.2) is 0 Å². The van der Waals surface area contributed by atoms with E-state index in [-0.39, 0.29) is 30.4 Å². The van der Waals surface area contributed by atoms with E-state index in [9.17, 15) is 18.5 Å². The number of methoxy groups -OCH3 is 1. The molecule has 0 saturated carbocycles. The molecule has 0 aliphatic rings. The summed E-state index contributed by atoms with van der Waals surface area (Å²) in [7, 11) is -2.38. The van der Waals surface area contributed by atoms with Gasteiger partial charge in [-0.2, -0.15) is 8.42 Å². The molecule has 0 heterocycles. The van der Waals surface area contributed by atoms with Crippen LogP contribution in [0, 0.1) is 10.1 Å². The lowest BCUT2D eigenvalue weighted by atomic mass is 10.3. The molecule has 0 radical (unpaired) electrons. The maximum Gasteiger partial charge on any atom is 0.297 e. The van der Waals surface area contributed by atoms with Crippen LogP contribution >= 0.6 is 0 Å². The molecule has 0 N–H and O–H groups in total. The molecule has 166 valence electrons. The Kier molecular flexibility index (Phi) is 13.3. The van der Waals surface area contributed by atoms with E-state index in [0.29, 0.717) is 46.2 Å². The summed E-state index contributed by atoms with van der Waals surface area (Å²) in [5.74, 6) is 0. The maximum atomic E-state index is 11.9. The first-order chi connectivity index (χ1) is 14.0. The molecule has 1 rings (SSSR count). The summed E-state index contributed by atoms with van der Waals surface area (Å²) in [6.45, 7) is 3.40. The maximum absolute atomic E-state index is 11.9. The average molecular weight is 437 g/mol.